The second kappa shape index (κ2) is 9.50. The summed E-state index contributed by atoms with van der Waals surface area (Å²) in [6.07, 6.45) is 0. The van der Waals surface area contributed by atoms with Gasteiger partial charge in [-0.25, -0.2) is 22.5 Å². The Morgan fingerprint density at radius 2 is 1.45 bits per heavy atom. The molecule has 0 radical (unpaired) electrons. The van der Waals surface area contributed by atoms with E-state index in [-0.39, 0.29) is 6.07 Å². The first kappa shape index (κ1) is 22.6. The van der Waals surface area contributed by atoms with Crippen LogP contribution in [-0.2, 0) is 4.79 Å². The summed E-state index contributed by atoms with van der Waals surface area (Å²) in [6.45, 7) is 1.48. The number of aromatic nitrogens is 2. The third-order valence-electron chi connectivity index (χ3n) is 4.81. The number of carbonyl (C=O) groups excluding carboxylic acids is 1. The molecule has 0 aliphatic heterocycles. The Labute approximate surface area is 191 Å². The van der Waals surface area contributed by atoms with Gasteiger partial charge in [-0.2, -0.15) is 0 Å². The monoisotopic (exact) mass is 471 g/mol. The van der Waals surface area contributed by atoms with E-state index in [9.17, 15) is 22.4 Å². The van der Waals surface area contributed by atoms with Gasteiger partial charge in [-0.05, 0) is 6.92 Å². The standard InChI is InChI=1S/C24H17F4N3OS/c1-13(23(32)29-22-18(27)16(25)12-17(26)19(22)28)33-24-30-20(14-8-4-2-5-9-14)21(31-24)15-10-6-3-7-11-15/h2-13H,1H3,(H,29,32)(H,30,31). The number of nitrogens with zero attached hydrogens (tertiary/aromatic N) is 1. The molecule has 1 atom stereocenters. The minimum absolute atomic E-state index is 0.0809. The van der Waals surface area contributed by atoms with Crippen molar-refractivity contribution >= 4 is 23.4 Å². The Hall–Kier alpha value is -3.59. The minimum Gasteiger partial charge on any atom is -0.332 e. The van der Waals surface area contributed by atoms with Crippen LogP contribution in [0.1, 0.15) is 6.92 Å². The molecule has 0 saturated heterocycles. The van der Waals surface area contributed by atoms with Crippen molar-refractivity contribution in [2.75, 3.05) is 5.32 Å². The van der Waals surface area contributed by atoms with Crippen molar-refractivity contribution in [3.05, 3.63) is 90.0 Å². The van der Waals surface area contributed by atoms with Crippen LogP contribution in [0, 0.1) is 23.3 Å². The van der Waals surface area contributed by atoms with Gasteiger partial charge in [-0.15, -0.1) is 0 Å². The molecule has 0 bridgehead atoms. The van der Waals surface area contributed by atoms with Gasteiger partial charge in [-0.1, -0.05) is 72.4 Å². The lowest BCUT2D eigenvalue weighted by Gasteiger charge is -2.12. The summed E-state index contributed by atoms with van der Waals surface area (Å²) in [5.41, 5.74) is 1.98. The van der Waals surface area contributed by atoms with Crippen LogP contribution in [-0.4, -0.2) is 21.1 Å². The first-order valence-corrected chi connectivity index (χ1v) is 10.7. The summed E-state index contributed by atoms with van der Waals surface area (Å²) in [4.78, 5) is 20.3. The molecule has 0 aliphatic rings. The fraction of sp³-hybridized carbons (Fsp3) is 0.0833. The van der Waals surface area contributed by atoms with Gasteiger partial charge in [-0.3, -0.25) is 4.79 Å². The molecule has 2 N–H and O–H groups in total. The van der Waals surface area contributed by atoms with Crippen LogP contribution in [0.25, 0.3) is 22.5 Å². The average molecular weight is 471 g/mol. The first-order chi connectivity index (χ1) is 15.8. The van der Waals surface area contributed by atoms with Crippen molar-refractivity contribution in [2.24, 2.45) is 0 Å². The molecule has 1 aromatic heterocycles. The number of thioether (sulfide) groups is 1. The van der Waals surface area contributed by atoms with Crippen molar-refractivity contribution in [1.82, 2.24) is 9.97 Å². The Balaban J connectivity index is 1.61. The van der Waals surface area contributed by atoms with Gasteiger partial charge in [0.2, 0.25) is 5.91 Å². The van der Waals surface area contributed by atoms with Gasteiger partial charge < -0.3 is 10.3 Å². The predicted octanol–water partition coefficient (Wildman–Crippen LogP) is 6.42. The van der Waals surface area contributed by atoms with E-state index in [1.165, 1.54) is 6.92 Å². The van der Waals surface area contributed by atoms with E-state index < -0.39 is 40.1 Å². The summed E-state index contributed by atoms with van der Waals surface area (Å²) in [5.74, 6) is -7.39. The molecule has 4 rings (SSSR count). The molecule has 3 aromatic carbocycles. The number of halogens is 4. The number of H-pyrrole nitrogens is 1. The smallest absolute Gasteiger partial charge is 0.237 e. The van der Waals surface area contributed by atoms with Gasteiger partial charge in [0.25, 0.3) is 0 Å². The van der Waals surface area contributed by atoms with Crippen molar-refractivity contribution < 1.29 is 22.4 Å². The number of anilines is 1. The number of imidazole rings is 1. The highest BCUT2D eigenvalue weighted by Crippen LogP contribution is 2.34. The van der Waals surface area contributed by atoms with E-state index in [0.29, 0.717) is 10.9 Å². The van der Waals surface area contributed by atoms with E-state index in [0.717, 1.165) is 28.6 Å². The molecular formula is C24H17F4N3OS. The predicted molar refractivity (Wildman–Crippen MR) is 120 cm³/mol. The molecule has 1 amide bonds. The molecule has 9 heteroatoms. The summed E-state index contributed by atoms with van der Waals surface area (Å²) in [5, 5.41) is 1.43. The number of aromatic amines is 1. The lowest BCUT2D eigenvalue weighted by molar-refractivity contribution is -0.115. The summed E-state index contributed by atoms with van der Waals surface area (Å²) in [6, 6.07) is 19.0. The van der Waals surface area contributed by atoms with Gasteiger partial charge in [0, 0.05) is 17.2 Å². The molecule has 0 aliphatic carbocycles. The van der Waals surface area contributed by atoms with Crippen LogP contribution in [0.15, 0.2) is 71.9 Å². The molecule has 1 heterocycles. The molecule has 4 nitrogen and oxygen atoms in total. The maximum absolute atomic E-state index is 13.9. The van der Waals surface area contributed by atoms with E-state index in [4.69, 9.17) is 0 Å². The van der Waals surface area contributed by atoms with Crippen LogP contribution in [0.2, 0.25) is 0 Å². The van der Waals surface area contributed by atoms with Crippen molar-refractivity contribution in [3.63, 3.8) is 0 Å². The van der Waals surface area contributed by atoms with Crippen molar-refractivity contribution in [3.8, 4) is 22.5 Å². The maximum atomic E-state index is 13.9. The molecular weight excluding hydrogens is 454 g/mol. The molecule has 33 heavy (non-hydrogen) atoms. The van der Waals surface area contributed by atoms with Gasteiger partial charge in [0.05, 0.1) is 16.6 Å². The van der Waals surface area contributed by atoms with Gasteiger partial charge in [0.1, 0.15) is 5.69 Å². The lowest BCUT2D eigenvalue weighted by Crippen LogP contribution is -2.24. The Kier molecular flexibility index (Phi) is 6.50. The van der Waals surface area contributed by atoms with Crippen molar-refractivity contribution in [2.45, 2.75) is 17.3 Å². The SMILES string of the molecule is CC(Sc1nc(-c2ccccc2)c(-c2ccccc2)[nH]1)C(=O)Nc1c(F)c(F)cc(F)c1F. The first-order valence-electron chi connectivity index (χ1n) is 9.86. The van der Waals surface area contributed by atoms with Gasteiger partial charge >= 0.3 is 0 Å². The quantitative estimate of drug-likeness (QED) is 0.194. The molecule has 4 aromatic rings. The summed E-state index contributed by atoms with van der Waals surface area (Å²) >= 11 is 1.00. The lowest BCUT2D eigenvalue weighted by atomic mass is 10.1. The van der Waals surface area contributed by atoms with Crippen molar-refractivity contribution in [1.29, 1.82) is 0 Å². The fourth-order valence-electron chi connectivity index (χ4n) is 3.15. The Morgan fingerprint density at radius 1 is 0.909 bits per heavy atom. The second-order valence-corrected chi connectivity index (χ2v) is 8.42. The zero-order valence-electron chi connectivity index (χ0n) is 17.2. The van der Waals surface area contributed by atoms with E-state index in [1.807, 2.05) is 66.0 Å². The number of benzene rings is 3. The average Bonchev–Trinajstić information content (AvgIpc) is 3.25. The van der Waals surface area contributed by atoms with E-state index in [1.54, 1.807) is 0 Å². The topological polar surface area (TPSA) is 57.8 Å². The molecule has 0 spiro atoms. The number of carbonyl (C=O) groups is 1. The molecule has 168 valence electrons. The Morgan fingerprint density at radius 3 is 2.03 bits per heavy atom. The van der Waals surface area contributed by atoms with Crippen LogP contribution in [0.5, 0.6) is 0 Å². The minimum atomic E-state index is -1.67. The summed E-state index contributed by atoms with van der Waals surface area (Å²) < 4.78 is 54.7. The number of nitrogens with one attached hydrogen (secondary N) is 2. The zero-order chi connectivity index (χ0) is 23.5. The third-order valence-corrected chi connectivity index (χ3v) is 5.79. The number of hydrogen-bond acceptors (Lipinski definition) is 3. The maximum Gasteiger partial charge on any atom is 0.237 e. The van der Waals surface area contributed by atoms with E-state index in [2.05, 4.69) is 9.97 Å². The van der Waals surface area contributed by atoms with Crippen LogP contribution in [0.4, 0.5) is 23.2 Å². The highest BCUT2D eigenvalue weighted by atomic mass is 32.2. The van der Waals surface area contributed by atoms with Crippen LogP contribution >= 0.6 is 11.8 Å². The highest BCUT2D eigenvalue weighted by Gasteiger charge is 2.25. The second-order valence-electron chi connectivity index (χ2n) is 7.09. The fourth-order valence-corrected chi connectivity index (χ4v) is 3.96. The summed E-state index contributed by atoms with van der Waals surface area (Å²) in [7, 11) is 0. The Bertz CT molecular complexity index is 1210. The number of hydrogen-bond donors (Lipinski definition) is 2. The third kappa shape index (κ3) is 4.78. The molecule has 0 saturated carbocycles. The highest BCUT2D eigenvalue weighted by molar-refractivity contribution is 8.00. The number of amides is 1. The molecule has 1 unspecified atom stereocenters. The van der Waals surface area contributed by atoms with E-state index >= 15 is 0 Å². The van der Waals surface area contributed by atoms with Crippen LogP contribution < -0.4 is 5.32 Å². The normalized spacial score (nSPS) is 11.9. The number of rotatable bonds is 6. The largest absolute Gasteiger partial charge is 0.332 e. The zero-order valence-corrected chi connectivity index (χ0v) is 18.0. The molecule has 0 fully saturated rings. The van der Waals surface area contributed by atoms with Crippen LogP contribution in [0.3, 0.4) is 0 Å². The van der Waals surface area contributed by atoms with Gasteiger partial charge in [0.15, 0.2) is 28.4 Å².